The Morgan fingerprint density at radius 3 is 2.20 bits per heavy atom. The van der Waals surface area contributed by atoms with Gasteiger partial charge < -0.3 is 9.97 Å². The van der Waals surface area contributed by atoms with E-state index >= 15 is 0 Å². The van der Waals surface area contributed by atoms with Gasteiger partial charge >= 0.3 is 0 Å². The lowest BCUT2D eigenvalue weighted by molar-refractivity contribution is 1.30. The van der Waals surface area contributed by atoms with Crippen molar-refractivity contribution in [1.82, 2.24) is 9.97 Å². The maximum atomic E-state index is 3.99. The first-order chi connectivity index (χ1) is 14.6. The molecule has 2 nitrogen and oxygen atoms in total. The number of nitrogens with one attached hydrogen (secondary N) is 2. The molecule has 0 aliphatic carbocycles. The number of rotatable bonds is 7. The number of fused-ring (bicyclic) bond motifs is 1. The van der Waals surface area contributed by atoms with Crippen LogP contribution in [0.5, 0.6) is 0 Å². The Morgan fingerprint density at radius 2 is 1.57 bits per heavy atom. The summed E-state index contributed by atoms with van der Waals surface area (Å²) in [5.74, 6) is 0. The van der Waals surface area contributed by atoms with Gasteiger partial charge in [0, 0.05) is 39.0 Å². The summed E-state index contributed by atoms with van der Waals surface area (Å²) in [4.78, 5) is 7.16. The molecule has 0 radical (unpaired) electrons. The first-order valence-electron chi connectivity index (χ1n) is 10.3. The van der Waals surface area contributed by atoms with Crippen molar-refractivity contribution in [3.8, 4) is 0 Å². The Kier molecular flexibility index (Phi) is 6.58. The van der Waals surface area contributed by atoms with Gasteiger partial charge in [-0.3, -0.25) is 0 Å². The van der Waals surface area contributed by atoms with Gasteiger partial charge in [0.15, 0.2) is 0 Å². The summed E-state index contributed by atoms with van der Waals surface area (Å²) in [7, 11) is 0. The smallest absolute Gasteiger partial charge is 0.0500 e. The lowest BCUT2D eigenvalue weighted by atomic mass is 9.93. The quantitative estimate of drug-likeness (QED) is 0.379. The number of hydrogen-bond acceptors (Lipinski definition) is 0. The average molecular weight is 395 g/mol. The summed E-state index contributed by atoms with van der Waals surface area (Å²) in [6.45, 7) is 16.3. The van der Waals surface area contributed by atoms with Crippen molar-refractivity contribution < 1.29 is 0 Å². The summed E-state index contributed by atoms with van der Waals surface area (Å²) >= 11 is 0. The van der Waals surface area contributed by atoms with Gasteiger partial charge in [-0.15, -0.1) is 0 Å². The third-order valence-corrected chi connectivity index (χ3v) is 5.27. The summed E-state index contributed by atoms with van der Waals surface area (Å²) in [6.07, 6.45) is 18.4. The fraction of sp³-hybridized carbons (Fsp3) is 0.143. The number of H-pyrrole nitrogens is 2. The minimum absolute atomic E-state index is 1.03. The van der Waals surface area contributed by atoms with Crippen molar-refractivity contribution >= 4 is 40.8 Å². The van der Waals surface area contributed by atoms with Gasteiger partial charge in [0.05, 0.1) is 5.69 Å². The SMILES string of the molecule is C=C/C=C(\c1[nH]c(C=C)c(/C=C\C)c1C)c1cccc2[nH]c(/C=C\C)c(/C=C\C)c12. The Morgan fingerprint density at radius 1 is 0.867 bits per heavy atom. The number of aromatic nitrogens is 2. The third kappa shape index (κ3) is 3.69. The van der Waals surface area contributed by atoms with E-state index in [0.29, 0.717) is 0 Å². The molecule has 2 aromatic heterocycles. The normalized spacial score (nSPS) is 12.7. The first kappa shape index (κ1) is 21.2. The molecule has 0 spiro atoms. The monoisotopic (exact) mass is 394 g/mol. The van der Waals surface area contributed by atoms with Crippen molar-refractivity contribution in [1.29, 1.82) is 0 Å². The Bertz CT molecular complexity index is 1200. The van der Waals surface area contributed by atoms with E-state index in [0.717, 1.165) is 28.2 Å². The predicted octanol–water partition coefficient (Wildman–Crippen LogP) is 8.16. The molecule has 0 bridgehead atoms. The van der Waals surface area contributed by atoms with Gasteiger partial charge in [0.25, 0.3) is 0 Å². The third-order valence-electron chi connectivity index (χ3n) is 5.27. The van der Waals surface area contributed by atoms with Gasteiger partial charge in [0.2, 0.25) is 0 Å². The molecule has 2 heteroatoms. The Balaban J connectivity index is 2.38. The highest BCUT2D eigenvalue weighted by molar-refractivity contribution is 6.03. The van der Waals surface area contributed by atoms with E-state index in [1.807, 2.05) is 26.0 Å². The van der Waals surface area contributed by atoms with Crippen LogP contribution < -0.4 is 0 Å². The summed E-state index contributed by atoms with van der Waals surface area (Å²) in [6, 6.07) is 6.41. The maximum Gasteiger partial charge on any atom is 0.0500 e. The second-order valence-corrected chi connectivity index (χ2v) is 7.15. The molecule has 0 aliphatic rings. The van der Waals surface area contributed by atoms with E-state index in [-0.39, 0.29) is 0 Å². The molecule has 0 aliphatic heterocycles. The van der Waals surface area contributed by atoms with Crippen LogP contribution >= 0.6 is 0 Å². The maximum absolute atomic E-state index is 3.99. The standard InChI is InChI=1S/C28H30N2/c1-7-13-20-19(6)28(30-24(20)11-5)22(14-8-2)21-17-12-18-26-27(21)23(15-9-3)25(29-26)16-10-4/h7-18,29-30H,2,5H2,1,3-4,6H3/b13-7-,15-9-,16-10-,22-14-. The molecule has 1 aromatic carbocycles. The fourth-order valence-corrected chi connectivity index (χ4v) is 4.03. The molecule has 0 unspecified atom stereocenters. The second-order valence-electron chi connectivity index (χ2n) is 7.15. The molecule has 30 heavy (non-hydrogen) atoms. The fourth-order valence-electron chi connectivity index (χ4n) is 4.03. The van der Waals surface area contributed by atoms with Crippen LogP contribution in [0.15, 0.2) is 61.7 Å². The van der Waals surface area contributed by atoms with Crippen LogP contribution in [-0.2, 0) is 0 Å². The summed E-state index contributed by atoms with van der Waals surface area (Å²) in [5, 5.41) is 1.21. The zero-order chi connectivity index (χ0) is 21.7. The van der Waals surface area contributed by atoms with E-state index < -0.39 is 0 Å². The van der Waals surface area contributed by atoms with Crippen LogP contribution in [0.3, 0.4) is 0 Å². The van der Waals surface area contributed by atoms with E-state index in [1.165, 1.54) is 27.6 Å². The molecule has 0 saturated carbocycles. The van der Waals surface area contributed by atoms with Crippen LogP contribution in [0.25, 0.3) is 40.8 Å². The topological polar surface area (TPSA) is 31.6 Å². The summed E-state index contributed by atoms with van der Waals surface area (Å²) < 4.78 is 0. The molecular weight excluding hydrogens is 364 g/mol. The van der Waals surface area contributed by atoms with E-state index in [1.54, 1.807) is 0 Å². The van der Waals surface area contributed by atoms with Crippen LogP contribution in [0, 0.1) is 6.92 Å². The van der Waals surface area contributed by atoms with Crippen molar-refractivity contribution in [2.45, 2.75) is 27.7 Å². The lowest BCUT2D eigenvalue weighted by Gasteiger charge is -2.11. The highest BCUT2D eigenvalue weighted by Gasteiger charge is 2.19. The molecule has 0 amide bonds. The van der Waals surface area contributed by atoms with Crippen molar-refractivity contribution in [3.05, 3.63) is 101 Å². The highest BCUT2D eigenvalue weighted by atomic mass is 14.7. The van der Waals surface area contributed by atoms with Gasteiger partial charge in [-0.25, -0.2) is 0 Å². The zero-order valence-electron chi connectivity index (χ0n) is 18.3. The predicted molar refractivity (Wildman–Crippen MR) is 135 cm³/mol. The minimum atomic E-state index is 1.03. The zero-order valence-corrected chi connectivity index (χ0v) is 18.3. The molecular formula is C28H30N2. The van der Waals surface area contributed by atoms with Crippen molar-refractivity contribution in [2.24, 2.45) is 0 Å². The summed E-state index contributed by atoms with van der Waals surface area (Å²) in [5.41, 5.74) is 10.2. The minimum Gasteiger partial charge on any atom is -0.355 e. The lowest BCUT2D eigenvalue weighted by Crippen LogP contribution is -1.93. The molecule has 3 rings (SSSR count). The molecule has 2 heterocycles. The van der Waals surface area contributed by atoms with Crippen LogP contribution in [0.1, 0.15) is 60.1 Å². The van der Waals surface area contributed by atoms with Gasteiger partial charge in [-0.2, -0.15) is 0 Å². The van der Waals surface area contributed by atoms with E-state index in [9.17, 15) is 0 Å². The average Bonchev–Trinajstić information content (AvgIpc) is 3.25. The molecule has 3 aromatic rings. The number of hydrogen-bond donors (Lipinski definition) is 2. The van der Waals surface area contributed by atoms with Crippen LogP contribution in [0.4, 0.5) is 0 Å². The number of aromatic amines is 2. The highest BCUT2D eigenvalue weighted by Crippen LogP contribution is 2.37. The van der Waals surface area contributed by atoms with Crippen molar-refractivity contribution in [2.75, 3.05) is 0 Å². The largest absolute Gasteiger partial charge is 0.355 e. The molecule has 2 N–H and O–H groups in total. The van der Waals surface area contributed by atoms with Gasteiger partial charge in [-0.1, -0.05) is 67.8 Å². The van der Waals surface area contributed by atoms with Crippen LogP contribution in [0.2, 0.25) is 0 Å². The Labute approximate surface area is 179 Å². The van der Waals surface area contributed by atoms with Crippen molar-refractivity contribution in [3.63, 3.8) is 0 Å². The first-order valence-corrected chi connectivity index (χ1v) is 10.3. The molecule has 0 saturated heterocycles. The van der Waals surface area contributed by atoms with E-state index in [4.69, 9.17) is 0 Å². The van der Waals surface area contributed by atoms with Gasteiger partial charge in [-0.05, 0) is 57.0 Å². The van der Waals surface area contributed by atoms with Gasteiger partial charge in [0.1, 0.15) is 0 Å². The molecule has 0 fully saturated rings. The number of allylic oxidation sites excluding steroid dienone is 5. The second kappa shape index (κ2) is 9.32. The molecule has 152 valence electrons. The van der Waals surface area contributed by atoms with Crippen LogP contribution in [-0.4, -0.2) is 9.97 Å². The number of benzene rings is 1. The molecule has 0 atom stereocenters. The Hall–Kier alpha value is -3.52. The van der Waals surface area contributed by atoms with E-state index in [2.05, 4.69) is 97.7 Å².